The fourth-order valence-corrected chi connectivity index (χ4v) is 2.97. The van der Waals surface area contributed by atoms with Crippen molar-refractivity contribution >= 4 is 5.97 Å². The number of carbonyl (C=O) groups is 1. The molecular formula is C14H25NO3. The molecule has 1 fully saturated rings. The first-order chi connectivity index (χ1) is 8.15. The van der Waals surface area contributed by atoms with Crippen LogP contribution in [0.4, 0.5) is 0 Å². The fraction of sp³-hybridized carbons (Fsp3) is 0.786. The first kappa shape index (κ1) is 15.2. The molecule has 0 amide bonds. The summed E-state index contributed by atoms with van der Waals surface area (Å²) in [7, 11) is 0. The second-order valence-corrected chi connectivity index (χ2v) is 6.47. The second-order valence-electron chi connectivity index (χ2n) is 6.47. The number of nitrogens with one attached hydrogen (secondary N) is 1. The van der Waals surface area contributed by atoms with Gasteiger partial charge in [0, 0.05) is 17.2 Å². The molecule has 1 rings (SSSR count). The molecule has 1 heterocycles. The third kappa shape index (κ3) is 4.42. The van der Waals surface area contributed by atoms with E-state index in [0.717, 1.165) is 18.9 Å². The molecule has 0 aromatic heterocycles. The number of rotatable bonds is 4. The van der Waals surface area contributed by atoms with Gasteiger partial charge in [0.25, 0.3) is 0 Å². The summed E-state index contributed by atoms with van der Waals surface area (Å²) in [5, 5.41) is 3.61. The molecule has 4 heteroatoms. The molecule has 0 aromatic rings. The molecule has 0 bridgehead atoms. The molecule has 4 nitrogen and oxygen atoms in total. The first-order valence-corrected chi connectivity index (χ1v) is 6.44. The highest BCUT2D eigenvalue weighted by Crippen LogP contribution is 2.35. The smallest absolute Gasteiger partial charge is 0.307 e. The summed E-state index contributed by atoms with van der Waals surface area (Å²) >= 11 is 0. The lowest BCUT2D eigenvalue weighted by atomic mass is 9.74. The molecule has 1 unspecified atom stereocenters. The topological polar surface area (TPSA) is 47.6 Å². The van der Waals surface area contributed by atoms with E-state index < -0.39 is 5.97 Å². The number of piperidine rings is 1. The highest BCUT2D eigenvalue weighted by atomic mass is 17.2. The Morgan fingerprint density at radius 2 is 1.83 bits per heavy atom. The van der Waals surface area contributed by atoms with Crippen LogP contribution in [-0.4, -0.2) is 23.2 Å². The Balaban J connectivity index is 2.59. The number of hydrogen-bond donors (Lipinski definition) is 1. The molecule has 0 spiro atoms. The minimum Gasteiger partial charge on any atom is -0.307 e. The minimum absolute atomic E-state index is 0.0620. The molecule has 104 valence electrons. The maximum atomic E-state index is 11.0. The first-order valence-electron chi connectivity index (χ1n) is 6.44. The maximum absolute atomic E-state index is 11.0. The highest BCUT2D eigenvalue weighted by Gasteiger charge is 2.40. The normalized spacial score (nSPS) is 24.3. The van der Waals surface area contributed by atoms with Crippen molar-refractivity contribution in [2.45, 2.75) is 64.6 Å². The average molecular weight is 255 g/mol. The lowest BCUT2D eigenvalue weighted by Crippen LogP contribution is -2.59. The summed E-state index contributed by atoms with van der Waals surface area (Å²) in [6, 6.07) is 0. The van der Waals surface area contributed by atoms with E-state index >= 15 is 0 Å². The Kier molecular flexibility index (Phi) is 4.56. The molecule has 1 atom stereocenters. The van der Waals surface area contributed by atoms with Crippen LogP contribution >= 0.6 is 0 Å². The molecule has 0 radical (unpaired) electrons. The van der Waals surface area contributed by atoms with Crippen LogP contribution in [-0.2, 0) is 14.6 Å². The third-order valence-electron chi connectivity index (χ3n) is 3.33. The van der Waals surface area contributed by atoms with Crippen molar-refractivity contribution in [1.29, 1.82) is 0 Å². The third-order valence-corrected chi connectivity index (χ3v) is 3.33. The van der Waals surface area contributed by atoms with E-state index in [1.807, 2.05) is 6.92 Å². The number of carbonyl (C=O) groups excluding carboxylic acids is 1. The van der Waals surface area contributed by atoms with Gasteiger partial charge in [-0.2, -0.15) is 4.89 Å². The Bertz CT molecular complexity index is 307. The van der Waals surface area contributed by atoms with E-state index in [2.05, 4.69) is 44.5 Å². The van der Waals surface area contributed by atoms with Gasteiger partial charge in [-0.25, -0.2) is 4.79 Å². The monoisotopic (exact) mass is 255 g/mol. The van der Waals surface area contributed by atoms with Crippen LogP contribution in [0.15, 0.2) is 12.7 Å². The summed E-state index contributed by atoms with van der Waals surface area (Å²) in [6.45, 7) is 14.0. The van der Waals surface area contributed by atoms with Crippen molar-refractivity contribution < 1.29 is 14.6 Å². The fourth-order valence-electron chi connectivity index (χ4n) is 2.97. The van der Waals surface area contributed by atoms with Crippen molar-refractivity contribution in [3.05, 3.63) is 12.7 Å². The summed E-state index contributed by atoms with van der Waals surface area (Å²) in [6.07, 6.45) is 2.96. The van der Waals surface area contributed by atoms with Crippen LogP contribution in [0.25, 0.3) is 0 Å². The van der Waals surface area contributed by atoms with Gasteiger partial charge in [-0.05, 0) is 53.4 Å². The van der Waals surface area contributed by atoms with Gasteiger partial charge in [0.1, 0.15) is 6.10 Å². The molecule has 0 saturated carbocycles. The van der Waals surface area contributed by atoms with Crippen LogP contribution in [0.3, 0.4) is 0 Å². The number of hydrogen-bond acceptors (Lipinski definition) is 4. The lowest BCUT2D eigenvalue weighted by molar-refractivity contribution is -0.302. The zero-order chi connectivity index (χ0) is 14.0. The molecule has 1 N–H and O–H groups in total. The van der Waals surface area contributed by atoms with E-state index in [1.165, 1.54) is 0 Å². The van der Waals surface area contributed by atoms with Crippen LogP contribution in [0, 0.1) is 5.92 Å². The summed E-state index contributed by atoms with van der Waals surface area (Å²) in [5.41, 5.74) is 0.124. The van der Waals surface area contributed by atoms with Gasteiger partial charge in [-0.3, -0.25) is 4.89 Å². The van der Waals surface area contributed by atoms with Crippen LogP contribution < -0.4 is 5.32 Å². The van der Waals surface area contributed by atoms with Crippen LogP contribution in [0.1, 0.15) is 47.5 Å². The largest absolute Gasteiger partial charge is 0.365 e. The Labute approximate surface area is 110 Å². The van der Waals surface area contributed by atoms with Gasteiger partial charge in [0.05, 0.1) is 0 Å². The molecule has 18 heavy (non-hydrogen) atoms. The second kappa shape index (κ2) is 5.41. The molecular weight excluding hydrogens is 230 g/mol. The lowest BCUT2D eigenvalue weighted by Gasteiger charge is -2.47. The zero-order valence-corrected chi connectivity index (χ0v) is 12.1. The summed E-state index contributed by atoms with van der Waals surface area (Å²) in [4.78, 5) is 20.8. The quantitative estimate of drug-likeness (QED) is 0.476. The molecule has 1 aliphatic rings. The van der Waals surface area contributed by atoms with E-state index in [-0.39, 0.29) is 17.2 Å². The highest BCUT2D eigenvalue weighted by molar-refractivity contribution is 5.80. The van der Waals surface area contributed by atoms with Gasteiger partial charge in [-0.1, -0.05) is 6.58 Å². The minimum atomic E-state index is -0.547. The van der Waals surface area contributed by atoms with Crippen molar-refractivity contribution in [3.8, 4) is 0 Å². The van der Waals surface area contributed by atoms with Crippen LogP contribution in [0.5, 0.6) is 0 Å². The predicted molar refractivity (Wildman–Crippen MR) is 70.9 cm³/mol. The van der Waals surface area contributed by atoms with Crippen molar-refractivity contribution in [2.75, 3.05) is 0 Å². The standard InChI is InChI=1S/C14H25NO3/c1-7-12(16)18-17-10(2)11-8-13(3,4)15-14(5,6)9-11/h7,10-11,15H,1,8-9H2,2-6H3. The van der Waals surface area contributed by atoms with Gasteiger partial charge in [0.15, 0.2) is 0 Å². The summed E-state index contributed by atoms with van der Waals surface area (Å²) in [5.74, 6) is -0.192. The van der Waals surface area contributed by atoms with Gasteiger partial charge in [-0.15, -0.1) is 0 Å². The molecule has 0 aliphatic carbocycles. The van der Waals surface area contributed by atoms with Gasteiger partial charge >= 0.3 is 5.97 Å². The molecule has 1 aliphatic heterocycles. The molecule has 0 aromatic carbocycles. The van der Waals surface area contributed by atoms with Crippen molar-refractivity contribution in [2.24, 2.45) is 5.92 Å². The van der Waals surface area contributed by atoms with Crippen molar-refractivity contribution in [3.63, 3.8) is 0 Å². The maximum Gasteiger partial charge on any atom is 0.365 e. The Morgan fingerprint density at radius 1 is 1.33 bits per heavy atom. The SMILES string of the molecule is C=CC(=O)OOC(C)C1CC(C)(C)NC(C)(C)C1. The Morgan fingerprint density at radius 3 is 2.28 bits per heavy atom. The van der Waals surface area contributed by atoms with E-state index in [4.69, 9.17) is 4.89 Å². The molecule has 1 saturated heterocycles. The van der Waals surface area contributed by atoms with Gasteiger partial charge in [0.2, 0.25) is 0 Å². The average Bonchev–Trinajstić information content (AvgIpc) is 2.20. The van der Waals surface area contributed by atoms with E-state index in [0.29, 0.717) is 5.92 Å². The Hall–Kier alpha value is -0.870. The van der Waals surface area contributed by atoms with Gasteiger partial charge < -0.3 is 5.32 Å². The van der Waals surface area contributed by atoms with E-state index in [9.17, 15) is 4.79 Å². The van der Waals surface area contributed by atoms with Crippen LogP contribution in [0.2, 0.25) is 0 Å². The summed E-state index contributed by atoms with van der Waals surface area (Å²) < 4.78 is 0. The zero-order valence-electron chi connectivity index (χ0n) is 12.1. The van der Waals surface area contributed by atoms with E-state index in [1.54, 1.807) is 0 Å². The predicted octanol–water partition coefficient (Wildman–Crippen LogP) is 2.59. The van der Waals surface area contributed by atoms with Crippen molar-refractivity contribution in [1.82, 2.24) is 5.32 Å².